The van der Waals surface area contributed by atoms with E-state index >= 15 is 0 Å². The number of nitrogens with zero attached hydrogens (tertiary/aromatic N) is 2. The molecule has 4 nitrogen and oxygen atoms in total. The van der Waals surface area contributed by atoms with E-state index in [0.717, 1.165) is 18.8 Å². The second-order valence-corrected chi connectivity index (χ2v) is 3.24. The van der Waals surface area contributed by atoms with Crippen molar-refractivity contribution in [2.45, 2.75) is 13.3 Å². The Balaban J connectivity index is 2.82. The summed E-state index contributed by atoms with van der Waals surface area (Å²) in [4.78, 5) is 6.12. The maximum atomic E-state index is 8.97. The zero-order valence-corrected chi connectivity index (χ0v) is 8.51. The van der Waals surface area contributed by atoms with Crippen molar-refractivity contribution >= 4 is 18.4 Å². The molecule has 1 heterocycles. The van der Waals surface area contributed by atoms with Crippen LogP contribution in [0.3, 0.4) is 0 Å². The first-order valence-electron chi connectivity index (χ1n) is 4.68. The van der Waals surface area contributed by atoms with E-state index in [1.165, 1.54) is 0 Å². The standard InChI is InChI=1S/C9H15BN2O2/c1-3-6-12(2)9-7-8(10(13)14)4-5-11-9/h4-5,7,13-14H,3,6H2,1-2H3. The first-order valence-corrected chi connectivity index (χ1v) is 4.68. The molecular formula is C9H15BN2O2. The molecule has 0 fully saturated rings. The third-order valence-electron chi connectivity index (χ3n) is 2.02. The van der Waals surface area contributed by atoms with E-state index in [0.29, 0.717) is 5.46 Å². The fourth-order valence-electron chi connectivity index (χ4n) is 1.25. The lowest BCUT2D eigenvalue weighted by atomic mass is 9.81. The van der Waals surface area contributed by atoms with Crippen molar-refractivity contribution in [2.75, 3.05) is 18.5 Å². The molecular weight excluding hydrogens is 179 g/mol. The molecule has 2 N–H and O–H groups in total. The Morgan fingerprint density at radius 3 is 2.79 bits per heavy atom. The smallest absolute Gasteiger partial charge is 0.423 e. The van der Waals surface area contributed by atoms with Gasteiger partial charge in [0.25, 0.3) is 0 Å². The van der Waals surface area contributed by atoms with E-state index in [-0.39, 0.29) is 0 Å². The summed E-state index contributed by atoms with van der Waals surface area (Å²) in [5, 5.41) is 17.9. The summed E-state index contributed by atoms with van der Waals surface area (Å²) >= 11 is 0. The molecule has 1 rings (SSSR count). The number of anilines is 1. The fraction of sp³-hybridized carbons (Fsp3) is 0.444. The largest absolute Gasteiger partial charge is 0.488 e. The second-order valence-electron chi connectivity index (χ2n) is 3.24. The Bertz CT molecular complexity index is 294. The van der Waals surface area contributed by atoms with Crippen molar-refractivity contribution in [3.8, 4) is 0 Å². The van der Waals surface area contributed by atoms with E-state index in [2.05, 4.69) is 11.9 Å². The monoisotopic (exact) mass is 194 g/mol. The molecule has 76 valence electrons. The van der Waals surface area contributed by atoms with Crippen molar-refractivity contribution in [2.24, 2.45) is 0 Å². The summed E-state index contributed by atoms with van der Waals surface area (Å²) in [5.74, 6) is 0.762. The lowest BCUT2D eigenvalue weighted by Crippen LogP contribution is -2.31. The quantitative estimate of drug-likeness (QED) is 0.640. The highest BCUT2D eigenvalue weighted by Crippen LogP contribution is 2.05. The summed E-state index contributed by atoms with van der Waals surface area (Å²) in [6.07, 6.45) is 2.61. The number of aromatic nitrogens is 1. The summed E-state index contributed by atoms with van der Waals surface area (Å²) < 4.78 is 0. The van der Waals surface area contributed by atoms with Crippen LogP contribution in [0.2, 0.25) is 0 Å². The van der Waals surface area contributed by atoms with Gasteiger partial charge in [-0.15, -0.1) is 0 Å². The van der Waals surface area contributed by atoms with Crippen molar-refractivity contribution < 1.29 is 10.0 Å². The molecule has 0 aliphatic rings. The molecule has 0 spiro atoms. The van der Waals surface area contributed by atoms with Crippen LogP contribution in [0.4, 0.5) is 5.82 Å². The van der Waals surface area contributed by atoms with E-state index < -0.39 is 7.12 Å². The molecule has 0 amide bonds. The van der Waals surface area contributed by atoms with Crippen molar-refractivity contribution in [1.29, 1.82) is 0 Å². The molecule has 1 aromatic heterocycles. The molecule has 0 saturated heterocycles. The van der Waals surface area contributed by atoms with Gasteiger partial charge in [-0.2, -0.15) is 0 Å². The van der Waals surface area contributed by atoms with Crippen LogP contribution in [-0.4, -0.2) is 35.7 Å². The molecule has 5 heteroatoms. The van der Waals surface area contributed by atoms with Gasteiger partial charge < -0.3 is 14.9 Å². The van der Waals surface area contributed by atoms with Crippen molar-refractivity contribution in [3.05, 3.63) is 18.3 Å². The number of pyridine rings is 1. The van der Waals surface area contributed by atoms with E-state index in [1.54, 1.807) is 18.3 Å². The highest BCUT2D eigenvalue weighted by Gasteiger charge is 2.12. The van der Waals surface area contributed by atoms with Crippen LogP contribution in [0.1, 0.15) is 13.3 Å². The zero-order chi connectivity index (χ0) is 10.6. The molecule has 0 aliphatic carbocycles. The molecule has 0 radical (unpaired) electrons. The summed E-state index contributed by atoms with van der Waals surface area (Å²) in [6, 6.07) is 3.27. The lowest BCUT2D eigenvalue weighted by Gasteiger charge is -2.17. The predicted octanol–water partition coefficient (Wildman–Crippen LogP) is -0.392. The minimum Gasteiger partial charge on any atom is -0.423 e. The van der Waals surface area contributed by atoms with Gasteiger partial charge in [-0.05, 0) is 24.0 Å². The normalized spacial score (nSPS) is 10.0. The zero-order valence-electron chi connectivity index (χ0n) is 8.51. The van der Waals surface area contributed by atoms with Gasteiger partial charge in [-0.25, -0.2) is 4.98 Å². The Morgan fingerprint density at radius 1 is 1.50 bits per heavy atom. The fourth-order valence-corrected chi connectivity index (χ4v) is 1.25. The van der Waals surface area contributed by atoms with Crippen LogP contribution in [0, 0.1) is 0 Å². The number of hydrogen-bond donors (Lipinski definition) is 2. The molecule has 0 saturated carbocycles. The topological polar surface area (TPSA) is 56.6 Å². The number of rotatable bonds is 4. The van der Waals surface area contributed by atoms with Crippen molar-refractivity contribution in [3.63, 3.8) is 0 Å². The third-order valence-corrected chi connectivity index (χ3v) is 2.02. The molecule has 0 bridgehead atoms. The maximum absolute atomic E-state index is 8.97. The number of hydrogen-bond acceptors (Lipinski definition) is 4. The Hall–Kier alpha value is -1.07. The Kier molecular flexibility index (Phi) is 3.91. The van der Waals surface area contributed by atoms with Crippen LogP contribution in [-0.2, 0) is 0 Å². The van der Waals surface area contributed by atoms with Gasteiger partial charge in [-0.3, -0.25) is 0 Å². The van der Waals surface area contributed by atoms with Crippen LogP contribution in [0.25, 0.3) is 0 Å². The highest BCUT2D eigenvalue weighted by molar-refractivity contribution is 6.58. The highest BCUT2D eigenvalue weighted by atomic mass is 16.4. The van der Waals surface area contributed by atoms with Gasteiger partial charge in [0, 0.05) is 19.8 Å². The molecule has 1 aromatic rings. The second kappa shape index (κ2) is 4.98. The van der Waals surface area contributed by atoms with Gasteiger partial charge in [-0.1, -0.05) is 6.92 Å². The van der Waals surface area contributed by atoms with Gasteiger partial charge >= 0.3 is 7.12 Å². The first-order chi connectivity index (χ1) is 6.65. The van der Waals surface area contributed by atoms with E-state index in [9.17, 15) is 0 Å². The first kappa shape index (κ1) is 11.0. The molecule has 0 aromatic carbocycles. The Labute approximate surface area is 84.4 Å². The third kappa shape index (κ3) is 2.72. The van der Waals surface area contributed by atoms with E-state index in [1.807, 2.05) is 11.9 Å². The van der Waals surface area contributed by atoms with Crippen molar-refractivity contribution in [1.82, 2.24) is 4.98 Å². The maximum Gasteiger partial charge on any atom is 0.488 e. The minimum atomic E-state index is -1.42. The molecule has 14 heavy (non-hydrogen) atoms. The molecule has 0 aliphatic heterocycles. The Morgan fingerprint density at radius 2 is 2.21 bits per heavy atom. The molecule has 0 atom stereocenters. The van der Waals surface area contributed by atoms with Crippen LogP contribution >= 0.6 is 0 Å². The van der Waals surface area contributed by atoms with Crippen LogP contribution < -0.4 is 10.4 Å². The SMILES string of the molecule is CCCN(C)c1cc(B(O)O)ccn1. The average molecular weight is 194 g/mol. The predicted molar refractivity (Wildman–Crippen MR) is 57.6 cm³/mol. The van der Waals surface area contributed by atoms with E-state index in [4.69, 9.17) is 10.0 Å². The summed E-state index contributed by atoms with van der Waals surface area (Å²) in [7, 11) is 0.506. The van der Waals surface area contributed by atoms with Gasteiger partial charge in [0.2, 0.25) is 0 Å². The van der Waals surface area contributed by atoms with Gasteiger partial charge in [0.05, 0.1) is 0 Å². The van der Waals surface area contributed by atoms with Gasteiger partial charge in [0.1, 0.15) is 5.82 Å². The molecule has 0 unspecified atom stereocenters. The van der Waals surface area contributed by atoms with Crippen LogP contribution in [0.5, 0.6) is 0 Å². The van der Waals surface area contributed by atoms with Crippen LogP contribution in [0.15, 0.2) is 18.3 Å². The minimum absolute atomic E-state index is 0.470. The summed E-state index contributed by atoms with van der Waals surface area (Å²) in [6.45, 7) is 2.99. The van der Waals surface area contributed by atoms with Gasteiger partial charge in [0.15, 0.2) is 0 Å². The average Bonchev–Trinajstić information content (AvgIpc) is 2.18. The lowest BCUT2D eigenvalue weighted by molar-refractivity contribution is 0.425. The summed E-state index contributed by atoms with van der Waals surface area (Å²) in [5.41, 5.74) is 0.470.